The number of hydrogen-bond acceptors (Lipinski definition) is 3. The molecule has 6 heteroatoms. The van der Waals surface area contributed by atoms with E-state index in [1.165, 1.54) is 28.2 Å². The molecule has 5 nitrogen and oxygen atoms in total. The normalized spacial score (nSPS) is 17.6. The monoisotopic (exact) mass is 468 g/mol. The molecular formula is C28H28N4OS. The van der Waals surface area contributed by atoms with Gasteiger partial charge in [0.15, 0.2) is 5.11 Å². The van der Waals surface area contributed by atoms with Gasteiger partial charge in [-0.25, -0.2) is 0 Å². The maximum atomic E-state index is 5.89. The van der Waals surface area contributed by atoms with Crippen molar-refractivity contribution < 1.29 is 4.74 Å². The fourth-order valence-electron chi connectivity index (χ4n) is 4.98. The lowest BCUT2D eigenvalue weighted by atomic mass is 9.96. The van der Waals surface area contributed by atoms with E-state index in [4.69, 9.17) is 17.0 Å². The Bertz CT molecular complexity index is 1350. The van der Waals surface area contributed by atoms with Gasteiger partial charge in [-0.2, -0.15) is 0 Å². The van der Waals surface area contributed by atoms with Gasteiger partial charge in [0.05, 0.1) is 24.9 Å². The van der Waals surface area contributed by atoms with Gasteiger partial charge in [0.1, 0.15) is 5.75 Å². The number of aromatic nitrogens is 2. The lowest BCUT2D eigenvalue weighted by Gasteiger charge is -2.28. The number of nitrogens with one attached hydrogen (secondary N) is 1. The Kier molecular flexibility index (Phi) is 5.84. The summed E-state index contributed by atoms with van der Waals surface area (Å²) in [7, 11) is 1.68. The Morgan fingerprint density at radius 2 is 1.74 bits per heavy atom. The molecule has 0 spiro atoms. The van der Waals surface area contributed by atoms with Crippen LogP contribution in [0.3, 0.4) is 0 Å². The molecule has 5 rings (SSSR count). The van der Waals surface area contributed by atoms with Crippen LogP contribution in [0.15, 0.2) is 79.0 Å². The summed E-state index contributed by atoms with van der Waals surface area (Å²) in [6, 6.07) is 24.7. The van der Waals surface area contributed by atoms with Crippen LogP contribution in [-0.2, 0) is 0 Å². The number of thiocarbonyl (C=S) groups is 1. The van der Waals surface area contributed by atoms with Gasteiger partial charge in [-0.05, 0) is 80.5 Å². The van der Waals surface area contributed by atoms with Crippen LogP contribution < -0.4 is 15.0 Å². The van der Waals surface area contributed by atoms with Crippen molar-refractivity contribution >= 4 is 23.0 Å². The number of ether oxygens (including phenoxy) is 1. The van der Waals surface area contributed by atoms with Gasteiger partial charge in [0.25, 0.3) is 0 Å². The lowest BCUT2D eigenvalue weighted by molar-refractivity contribution is 0.415. The van der Waals surface area contributed by atoms with Gasteiger partial charge in [0, 0.05) is 35.0 Å². The minimum absolute atomic E-state index is 0.0709. The van der Waals surface area contributed by atoms with Gasteiger partial charge in [-0.15, -0.1) is 0 Å². The number of aryl methyl sites for hydroxylation is 2. The van der Waals surface area contributed by atoms with Crippen molar-refractivity contribution in [1.82, 2.24) is 14.9 Å². The number of methoxy groups -OCH3 is 1. The van der Waals surface area contributed by atoms with E-state index in [9.17, 15) is 0 Å². The summed E-state index contributed by atoms with van der Waals surface area (Å²) in [6.07, 6.45) is 1.84. The molecule has 0 saturated carbocycles. The van der Waals surface area contributed by atoms with E-state index < -0.39 is 0 Å². The van der Waals surface area contributed by atoms with Crippen LogP contribution in [0.5, 0.6) is 5.75 Å². The summed E-state index contributed by atoms with van der Waals surface area (Å²) in [6.45, 7) is 6.50. The predicted octanol–water partition coefficient (Wildman–Crippen LogP) is 5.98. The van der Waals surface area contributed by atoms with Crippen LogP contribution in [0, 0.1) is 20.8 Å². The number of anilines is 1. The third kappa shape index (κ3) is 3.74. The van der Waals surface area contributed by atoms with Crippen LogP contribution in [0.4, 0.5) is 5.69 Å². The lowest BCUT2D eigenvalue weighted by Crippen LogP contribution is -2.29. The largest absolute Gasteiger partial charge is 0.497 e. The van der Waals surface area contributed by atoms with Crippen LogP contribution >= 0.6 is 12.2 Å². The number of rotatable bonds is 5. The minimum atomic E-state index is -0.0919. The van der Waals surface area contributed by atoms with Crippen molar-refractivity contribution in [2.75, 3.05) is 12.0 Å². The molecule has 34 heavy (non-hydrogen) atoms. The Balaban J connectivity index is 1.70. The van der Waals surface area contributed by atoms with Crippen LogP contribution in [-0.4, -0.2) is 21.8 Å². The quantitative estimate of drug-likeness (QED) is 0.365. The Hall–Kier alpha value is -3.64. The van der Waals surface area contributed by atoms with E-state index in [2.05, 4.69) is 83.0 Å². The molecule has 172 valence electrons. The van der Waals surface area contributed by atoms with Crippen LogP contribution in [0.2, 0.25) is 0 Å². The molecule has 0 radical (unpaired) electrons. The summed E-state index contributed by atoms with van der Waals surface area (Å²) in [5.41, 5.74) is 7.97. The maximum Gasteiger partial charge on any atom is 0.174 e. The first kappa shape index (κ1) is 22.2. The molecular weight excluding hydrogens is 440 g/mol. The zero-order valence-electron chi connectivity index (χ0n) is 19.8. The molecule has 2 aromatic heterocycles. The minimum Gasteiger partial charge on any atom is -0.497 e. The van der Waals surface area contributed by atoms with Crippen LogP contribution in [0.1, 0.15) is 40.3 Å². The molecule has 0 amide bonds. The Morgan fingerprint density at radius 1 is 0.941 bits per heavy atom. The maximum absolute atomic E-state index is 5.89. The summed E-state index contributed by atoms with van der Waals surface area (Å²) >= 11 is 5.89. The van der Waals surface area contributed by atoms with E-state index in [0.29, 0.717) is 5.11 Å². The highest BCUT2D eigenvalue weighted by Gasteiger charge is 2.42. The molecule has 1 N–H and O–H groups in total. The summed E-state index contributed by atoms with van der Waals surface area (Å²) < 4.78 is 7.85. The number of benzene rings is 2. The van der Waals surface area contributed by atoms with Gasteiger partial charge in [-0.1, -0.05) is 30.3 Å². The predicted molar refractivity (Wildman–Crippen MR) is 141 cm³/mol. The third-order valence-corrected chi connectivity index (χ3v) is 6.89. The average Bonchev–Trinajstić information content (AvgIpc) is 3.35. The highest BCUT2D eigenvalue weighted by atomic mass is 32.1. The number of nitrogens with zero attached hydrogens (tertiary/aromatic N) is 3. The average molecular weight is 469 g/mol. The Labute approximate surface area is 206 Å². The van der Waals surface area contributed by atoms with Gasteiger partial charge >= 0.3 is 0 Å². The number of hydrogen-bond donors (Lipinski definition) is 1. The van der Waals surface area contributed by atoms with E-state index in [-0.39, 0.29) is 12.1 Å². The molecule has 0 aliphatic carbocycles. The second kappa shape index (κ2) is 8.95. The van der Waals surface area contributed by atoms with E-state index >= 15 is 0 Å². The summed E-state index contributed by atoms with van der Waals surface area (Å²) in [4.78, 5) is 6.88. The van der Waals surface area contributed by atoms with Crippen molar-refractivity contribution in [3.05, 3.63) is 107 Å². The second-order valence-electron chi connectivity index (χ2n) is 8.65. The van der Waals surface area contributed by atoms with Crippen molar-refractivity contribution in [3.63, 3.8) is 0 Å². The molecule has 1 aliphatic rings. The summed E-state index contributed by atoms with van der Waals surface area (Å²) in [5, 5.41) is 4.23. The highest BCUT2D eigenvalue weighted by molar-refractivity contribution is 7.80. The molecule has 1 aliphatic heterocycles. The van der Waals surface area contributed by atoms with E-state index in [0.717, 1.165) is 17.1 Å². The molecule has 1 saturated heterocycles. The number of pyridine rings is 1. The molecule has 2 atom stereocenters. The Morgan fingerprint density at radius 3 is 2.47 bits per heavy atom. The number of para-hydroxylation sites is 1. The SMILES string of the molecule is COc1cccc(N2C(=S)N[C@@H](c3ccccn3)[C@@H]2c2cc(C)n(-c3ccccc3C)c2C)c1. The van der Waals surface area contributed by atoms with Crippen molar-refractivity contribution in [2.24, 2.45) is 0 Å². The first-order valence-electron chi connectivity index (χ1n) is 11.4. The van der Waals surface area contributed by atoms with Gasteiger partial charge < -0.3 is 19.5 Å². The summed E-state index contributed by atoms with van der Waals surface area (Å²) in [5.74, 6) is 0.797. The zero-order valence-corrected chi connectivity index (χ0v) is 20.6. The van der Waals surface area contributed by atoms with E-state index in [1.807, 2.05) is 36.5 Å². The standard InChI is InChI=1S/C28H28N4OS/c1-18-10-5-6-14-25(18)31-19(2)16-23(20(31)3)27-26(24-13-7-8-15-29-24)30-28(34)32(27)21-11-9-12-22(17-21)33-4/h5-17,26-27H,1-4H3,(H,30,34)/t26-,27-/m0/s1. The van der Waals surface area contributed by atoms with Gasteiger partial charge in [-0.3, -0.25) is 4.98 Å². The highest BCUT2D eigenvalue weighted by Crippen LogP contribution is 2.44. The molecule has 2 aromatic carbocycles. The topological polar surface area (TPSA) is 42.3 Å². The van der Waals surface area contributed by atoms with Crippen molar-refractivity contribution in [3.8, 4) is 11.4 Å². The molecule has 0 unspecified atom stereocenters. The smallest absolute Gasteiger partial charge is 0.174 e. The van der Waals surface area contributed by atoms with Gasteiger partial charge in [0.2, 0.25) is 0 Å². The fourth-order valence-corrected chi connectivity index (χ4v) is 5.33. The fraction of sp³-hybridized carbons (Fsp3) is 0.214. The third-order valence-electron chi connectivity index (χ3n) is 6.57. The molecule has 0 bridgehead atoms. The van der Waals surface area contributed by atoms with Crippen molar-refractivity contribution in [1.29, 1.82) is 0 Å². The first-order chi connectivity index (χ1) is 16.5. The zero-order chi connectivity index (χ0) is 23.8. The molecule has 3 heterocycles. The molecule has 1 fully saturated rings. The van der Waals surface area contributed by atoms with E-state index in [1.54, 1.807) is 7.11 Å². The van der Waals surface area contributed by atoms with Crippen molar-refractivity contribution in [2.45, 2.75) is 32.9 Å². The second-order valence-corrected chi connectivity index (χ2v) is 9.03. The molecule has 4 aromatic rings. The first-order valence-corrected chi connectivity index (χ1v) is 11.8. The van der Waals surface area contributed by atoms with Crippen LogP contribution in [0.25, 0.3) is 5.69 Å².